The summed E-state index contributed by atoms with van der Waals surface area (Å²) >= 11 is 5.74. The topological polar surface area (TPSA) is 37.8 Å². The summed E-state index contributed by atoms with van der Waals surface area (Å²) in [6.45, 7) is 2.36. The molecule has 1 N–H and O–H groups in total. The smallest absolute Gasteiger partial charge is 0.354 e. The van der Waals surface area contributed by atoms with Crippen LogP contribution in [0.15, 0.2) is 12.3 Å². The molecule has 3 nitrogen and oxygen atoms in total. The van der Waals surface area contributed by atoms with Crippen molar-refractivity contribution in [3.63, 3.8) is 0 Å². The normalized spacial score (nSPS) is 13.5. The summed E-state index contributed by atoms with van der Waals surface area (Å²) in [5, 5.41) is 2.79. The molecule has 0 aliphatic rings. The highest BCUT2D eigenvalue weighted by Crippen LogP contribution is 2.27. The van der Waals surface area contributed by atoms with Crippen LogP contribution in [0.1, 0.15) is 25.5 Å². The van der Waals surface area contributed by atoms with Gasteiger partial charge in [0.05, 0.1) is 0 Å². The van der Waals surface area contributed by atoms with Crippen molar-refractivity contribution in [2.24, 2.45) is 0 Å². The Morgan fingerprint density at radius 1 is 1.47 bits per heavy atom. The van der Waals surface area contributed by atoms with Crippen LogP contribution in [-0.2, 0) is 6.18 Å². The van der Waals surface area contributed by atoms with Gasteiger partial charge in [-0.3, -0.25) is 0 Å². The van der Waals surface area contributed by atoms with Crippen molar-refractivity contribution < 1.29 is 13.2 Å². The minimum absolute atomic E-state index is 0.0120. The van der Waals surface area contributed by atoms with Crippen LogP contribution in [0.2, 0.25) is 0 Å². The van der Waals surface area contributed by atoms with E-state index in [1.165, 1.54) is 0 Å². The van der Waals surface area contributed by atoms with Crippen molar-refractivity contribution in [1.29, 1.82) is 0 Å². The molecule has 17 heavy (non-hydrogen) atoms. The van der Waals surface area contributed by atoms with E-state index in [2.05, 4.69) is 15.3 Å². The van der Waals surface area contributed by atoms with Crippen molar-refractivity contribution in [3.8, 4) is 0 Å². The minimum atomic E-state index is -4.44. The van der Waals surface area contributed by atoms with Gasteiger partial charge in [0.15, 0.2) is 0 Å². The van der Waals surface area contributed by atoms with Crippen molar-refractivity contribution in [1.82, 2.24) is 9.97 Å². The maximum atomic E-state index is 12.3. The van der Waals surface area contributed by atoms with E-state index >= 15 is 0 Å². The fraction of sp³-hybridized carbons (Fsp3) is 0.600. The van der Waals surface area contributed by atoms with E-state index in [0.29, 0.717) is 6.54 Å². The largest absolute Gasteiger partial charge is 0.433 e. The zero-order valence-corrected chi connectivity index (χ0v) is 10.0. The maximum Gasteiger partial charge on any atom is 0.433 e. The van der Waals surface area contributed by atoms with Gasteiger partial charge in [0.2, 0.25) is 5.95 Å². The van der Waals surface area contributed by atoms with E-state index in [1.807, 2.05) is 6.92 Å². The summed E-state index contributed by atoms with van der Waals surface area (Å²) < 4.78 is 37.0. The lowest BCUT2D eigenvalue weighted by molar-refractivity contribution is -0.141. The second-order valence-electron chi connectivity index (χ2n) is 3.61. The fourth-order valence-corrected chi connectivity index (χ4v) is 1.34. The molecule has 0 aromatic carbocycles. The number of anilines is 1. The molecule has 0 aliphatic heterocycles. The third-order valence-electron chi connectivity index (χ3n) is 2.01. The molecule has 0 saturated carbocycles. The number of hydrogen-bond donors (Lipinski definition) is 1. The van der Waals surface area contributed by atoms with Crippen LogP contribution >= 0.6 is 11.6 Å². The van der Waals surface area contributed by atoms with Gasteiger partial charge < -0.3 is 5.32 Å². The van der Waals surface area contributed by atoms with Crippen molar-refractivity contribution in [3.05, 3.63) is 18.0 Å². The molecule has 0 aliphatic carbocycles. The van der Waals surface area contributed by atoms with Gasteiger partial charge in [-0.2, -0.15) is 13.2 Å². The van der Waals surface area contributed by atoms with Crippen molar-refractivity contribution in [2.45, 2.75) is 31.3 Å². The number of alkyl halides is 4. The Kier molecular flexibility index (Phi) is 4.99. The number of aromatic nitrogens is 2. The molecular weight excluding hydrogens is 255 g/mol. The van der Waals surface area contributed by atoms with Crippen molar-refractivity contribution >= 4 is 17.5 Å². The van der Waals surface area contributed by atoms with E-state index in [1.54, 1.807) is 0 Å². The molecule has 7 heteroatoms. The Morgan fingerprint density at radius 3 is 2.76 bits per heavy atom. The van der Waals surface area contributed by atoms with Crippen molar-refractivity contribution in [2.75, 3.05) is 11.9 Å². The SMILES string of the molecule is CC(Cl)CCCNc1nccc(C(F)(F)F)n1. The van der Waals surface area contributed by atoms with Gasteiger partial charge in [-0.1, -0.05) is 0 Å². The van der Waals surface area contributed by atoms with Crippen LogP contribution in [0.5, 0.6) is 0 Å². The van der Waals surface area contributed by atoms with Crippen LogP contribution in [0.3, 0.4) is 0 Å². The van der Waals surface area contributed by atoms with Gasteiger partial charge >= 0.3 is 6.18 Å². The molecule has 1 aromatic heterocycles. The van der Waals surface area contributed by atoms with Crippen LogP contribution in [-0.4, -0.2) is 21.9 Å². The molecule has 1 atom stereocenters. The highest BCUT2D eigenvalue weighted by molar-refractivity contribution is 6.20. The second-order valence-corrected chi connectivity index (χ2v) is 4.36. The summed E-state index contributed by atoms with van der Waals surface area (Å²) in [5.74, 6) is -0.0120. The van der Waals surface area contributed by atoms with E-state index in [-0.39, 0.29) is 11.3 Å². The monoisotopic (exact) mass is 267 g/mol. The quantitative estimate of drug-likeness (QED) is 0.657. The lowest BCUT2D eigenvalue weighted by Gasteiger charge is -2.08. The summed E-state index contributed by atoms with van der Waals surface area (Å²) in [4.78, 5) is 7.09. The van der Waals surface area contributed by atoms with E-state index in [4.69, 9.17) is 11.6 Å². The second kappa shape index (κ2) is 6.05. The summed E-state index contributed by atoms with van der Waals surface area (Å²) in [5.41, 5.74) is -0.944. The molecule has 0 amide bonds. The lowest BCUT2D eigenvalue weighted by atomic mass is 10.2. The van der Waals surface area contributed by atoms with Crippen LogP contribution in [0, 0.1) is 0 Å². The fourth-order valence-electron chi connectivity index (χ4n) is 1.19. The van der Waals surface area contributed by atoms with E-state index < -0.39 is 11.9 Å². The first-order chi connectivity index (χ1) is 7.89. The van der Waals surface area contributed by atoms with Gasteiger partial charge in [0.25, 0.3) is 0 Å². The Bertz CT molecular complexity index is 355. The molecule has 0 radical (unpaired) electrons. The first-order valence-corrected chi connectivity index (χ1v) is 5.61. The number of nitrogens with zero attached hydrogens (tertiary/aromatic N) is 2. The average Bonchev–Trinajstić information content (AvgIpc) is 2.23. The third-order valence-corrected chi connectivity index (χ3v) is 2.23. The minimum Gasteiger partial charge on any atom is -0.354 e. The highest BCUT2D eigenvalue weighted by atomic mass is 35.5. The van der Waals surface area contributed by atoms with Gasteiger partial charge in [0.1, 0.15) is 5.69 Å². The summed E-state index contributed by atoms with van der Waals surface area (Å²) in [6.07, 6.45) is -1.82. The molecule has 1 rings (SSSR count). The van der Waals surface area contributed by atoms with E-state index in [9.17, 15) is 13.2 Å². The molecule has 1 unspecified atom stereocenters. The van der Waals surface area contributed by atoms with Crippen LogP contribution in [0.4, 0.5) is 19.1 Å². The van der Waals surface area contributed by atoms with Gasteiger partial charge in [0, 0.05) is 18.1 Å². The molecule has 1 heterocycles. The Hall–Kier alpha value is -1.04. The molecular formula is C10H13ClF3N3. The molecule has 96 valence electrons. The maximum absolute atomic E-state index is 12.3. The van der Waals surface area contributed by atoms with Crippen LogP contribution in [0.25, 0.3) is 0 Å². The first-order valence-electron chi connectivity index (χ1n) is 5.18. The predicted molar refractivity (Wildman–Crippen MR) is 60.1 cm³/mol. The van der Waals surface area contributed by atoms with Gasteiger partial charge in [-0.15, -0.1) is 11.6 Å². The van der Waals surface area contributed by atoms with Gasteiger partial charge in [-0.25, -0.2) is 9.97 Å². The summed E-state index contributed by atoms with van der Waals surface area (Å²) in [7, 11) is 0. The lowest BCUT2D eigenvalue weighted by Crippen LogP contribution is -2.12. The average molecular weight is 268 g/mol. The number of hydrogen-bond acceptors (Lipinski definition) is 3. The zero-order valence-electron chi connectivity index (χ0n) is 9.26. The van der Waals surface area contributed by atoms with E-state index in [0.717, 1.165) is 25.1 Å². The van der Waals surface area contributed by atoms with Gasteiger partial charge in [-0.05, 0) is 25.8 Å². The zero-order chi connectivity index (χ0) is 12.9. The highest BCUT2D eigenvalue weighted by Gasteiger charge is 2.32. The molecule has 0 fully saturated rings. The standard InChI is InChI=1S/C10H13ClF3N3/c1-7(11)3-2-5-15-9-16-6-4-8(17-9)10(12,13)14/h4,6-7H,2-3,5H2,1H3,(H,15,16,17). The molecule has 0 saturated heterocycles. The summed E-state index contributed by atoms with van der Waals surface area (Å²) in [6, 6.07) is 0.839. The van der Waals surface area contributed by atoms with Crippen LogP contribution < -0.4 is 5.32 Å². The molecule has 0 spiro atoms. The number of nitrogens with one attached hydrogen (secondary N) is 1. The molecule has 0 bridgehead atoms. The first kappa shape index (κ1) is 14.0. The number of halogens is 4. The third kappa shape index (κ3) is 5.21. The number of rotatable bonds is 5. The Balaban J connectivity index is 2.49. The Labute approximate surface area is 102 Å². The predicted octanol–water partition coefficient (Wildman–Crippen LogP) is 3.31. The Morgan fingerprint density at radius 2 is 2.18 bits per heavy atom. The molecule has 1 aromatic rings.